The molecule has 1 aromatic heterocycles. The van der Waals surface area contributed by atoms with Crippen molar-refractivity contribution in [2.24, 2.45) is 5.10 Å². The van der Waals surface area contributed by atoms with Gasteiger partial charge in [-0.1, -0.05) is 0 Å². The lowest BCUT2D eigenvalue weighted by Crippen LogP contribution is -2.20. The Balaban J connectivity index is 2.35. The van der Waals surface area contributed by atoms with Gasteiger partial charge in [0.15, 0.2) is 5.22 Å². The van der Waals surface area contributed by atoms with Crippen LogP contribution in [0.15, 0.2) is 15.6 Å². The van der Waals surface area contributed by atoms with Gasteiger partial charge in [-0.15, -0.1) is 11.6 Å². The van der Waals surface area contributed by atoms with Crippen molar-refractivity contribution >= 4 is 29.4 Å². The predicted molar refractivity (Wildman–Crippen MR) is 57.1 cm³/mol. The van der Waals surface area contributed by atoms with Gasteiger partial charge in [-0.3, -0.25) is 5.01 Å². The molecule has 3 nitrogen and oxygen atoms in total. The minimum atomic E-state index is -0.158. The lowest BCUT2D eigenvalue weighted by atomic mass is 10.1. The molecule has 0 bridgehead atoms. The van der Waals surface area contributed by atoms with Crippen molar-refractivity contribution in [2.75, 3.05) is 7.05 Å². The molecule has 0 amide bonds. The van der Waals surface area contributed by atoms with Crippen LogP contribution >= 0.6 is 23.2 Å². The Morgan fingerprint density at radius 2 is 2.29 bits per heavy atom. The summed E-state index contributed by atoms with van der Waals surface area (Å²) in [6, 6.07) is 1.87. The second-order valence-corrected chi connectivity index (χ2v) is 4.16. The van der Waals surface area contributed by atoms with E-state index in [-0.39, 0.29) is 11.4 Å². The topological polar surface area (TPSA) is 28.7 Å². The van der Waals surface area contributed by atoms with Gasteiger partial charge in [0.2, 0.25) is 0 Å². The number of furan rings is 1. The molecule has 0 spiro atoms. The number of halogens is 2. The Kier molecular flexibility index (Phi) is 2.45. The van der Waals surface area contributed by atoms with Crippen molar-refractivity contribution < 1.29 is 4.42 Å². The third kappa shape index (κ3) is 1.51. The van der Waals surface area contributed by atoms with Crippen LogP contribution in [0, 0.1) is 6.92 Å². The number of alkyl halides is 1. The molecule has 2 unspecified atom stereocenters. The Hall–Kier alpha value is -0.670. The minimum absolute atomic E-state index is 0.0263. The fourth-order valence-corrected chi connectivity index (χ4v) is 2.25. The Morgan fingerprint density at radius 3 is 2.71 bits per heavy atom. The molecule has 0 aromatic carbocycles. The number of aryl methyl sites for hydroxylation is 1. The van der Waals surface area contributed by atoms with Crippen LogP contribution in [0.25, 0.3) is 0 Å². The van der Waals surface area contributed by atoms with Crippen molar-refractivity contribution in [3.05, 3.63) is 22.6 Å². The van der Waals surface area contributed by atoms with Crippen LogP contribution < -0.4 is 0 Å². The van der Waals surface area contributed by atoms with Crippen LogP contribution in [0.4, 0.5) is 0 Å². The molecule has 14 heavy (non-hydrogen) atoms. The average Bonchev–Trinajstić information content (AvgIpc) is 2.57. The second kappa shape index (κ2) is 3.48. The van der Waals surface area contributed by atoms with Gasteiger partial charge in [-0.05, 0) is 24.6 Å². The van der Waals surface area contributed by atoms with Crippen molar-refractivity contribution in [1.82, 2.24) is 5.01 Å². The van der Waals surface area contributed by atoms with Crippen LogP contribution in [0.1, 0.15) is 17.4 Å². The summed E-state index contributed by atoms with van der Waals surface area (Å²) in [5.41, 5.74) is 0.893. The zero-order valence-corrected chi connectivity index (χ0v) is 9.38. The highest BCUT2D eigenvalue weighted by molar-refractivity contribution is 6.31. The fraction of sp³-hybridized carbons (Fsp3) is 0.444. The molecule has 0 aliphatic carbocycles. The Labute approximate surface area is 92.3 Å². The summed E-state index contributed by atoms with van der Waals surface area (Å²) in [5, 5.41) is 6.13. The first-order valence-electron chi connectivity index (χ1n) is 4.26. The van der Waals surface area contributed by atoms with E-state index >= 15 is 0 Å². The first-order valence-corrected chi connectivity index (χ1v) is 5.08. The molecule has 2 rings (SSSR count). The molecule has 1 aliphatic rings. The Morgan fingerprint density at radius 1 is 1.57 bits per heavy atom. The van der Waals surface area contributed by atoms with Crippen LogP contribution in [0.3, 0.4) is 0 Å². The monoisotopic (exact) mass is 232 g/mol. The predicted octanol–water partition coefficient (Wildman–Crippen LogP) is 2.82. The highest BCUT2D eigenvalue weighted by Crippen LogP contribution is 2.36. The number of hydrazone groups is 1. The molecular weight excluding hydrogens is 223 g/mol. The number of rotatable bonds is 1. The highest BCUT2D eigenvalue weighted by atomic mass is 35.5. The van der Waals surface area contributed by atoms with E-state index in [1.807, 2.05) is 20.0 Å². The summed E-state index contributed by atoms with van der Waals surface area (Å²) in [4.78, 5) is 0. The van der Waals surface area contributed by atoms with Crippen LogP contribution in [0.5, 0.6) is 0 Å². The van der Waals surface area contributed by atoms with E-state index in [9.17, 15) is 0 Å². The second-order valence-electron chi connectivity index (χ2n) is 3.31. The van der Waals surface area contributed by atoms with E-state index in [0.717, 1.165) is 11.3 Å². The number of nitrogens with zero attached hydrogens (tertiary/aromatic N) is 2. The molecule has 0 fully saturated rings. The standard InChI is InChI=1S/C9H10Cl2N2O/c1-5-3-6(9(11)14-5)8-7(10)4-12-13(8)2/h3-4,7-8H,1-2H3. The molecule has 2 atom stereocenters. The lowest BCUT2D eigenvalue weighted by molar-refractivity contribution is 0.290. The number of hydrogen-bond acceptors (Lipinski definition) is 3. The molecule has 0 N–H and O–H groups in total. The summed E-state index contributed by atoms with van der Waals surface area (Å²) in [6.45, 7) is 1.86. The maximum atomic E-state index is 6.10. The highest BCUT2D eigenvalue weighted by Gasteiger charge is 2.31. The van der Waals surface area contributed by atoms with Gasteiger partial charge >= 0.3 is 0 Å². The third-order valence-electron chi connectivity index (χ3n) is 2.25. The van der Waals surface area contributed by atoms with Crippen molar-refractivity contribution in [3.63, 3.8) is 0 Å². The van der Waals surface area contributed by atoms with Gasteiger partial charge in [0.25, 0.3) is 0 Å². The van der Waals surface area contributed by atoms with E-state index < -0.39 is 0 Å². The van der Waals surface area contributed by atoms with E-state index in [1.165, 1.54) is 0 Å². The molecule has 0 radical (unpaired) electrons. The maximum absolute atomic E-state index is 6.10. The van der Waals surface area contributed by atoms with Crippen molar-refractivity contribution in [2.45, 2.75) is 18.3 Å². The van der Waals surface area contributed by atoms with Crippen molar-refractivity contribution in [1.29, 1.82) is 0 Å². The van der Waals surface area contributed by atoms with E-state index in [2.05, 4.69) is 5.10 Å². The molecular formula is C9H10Cl2N2O. The zero-order valence-electron chi connectivity index (χ0n) is 7.87. The normalized spacial score (nSPS) is 26.1. The third-order valence-corrected chi connectivity index (χ3v) is 2.90. The van der Waals surface area contributed by atoms with E-state index in [4.69, 9.17) is 27.6 Å². The summed E-state index contributed by atoms with van der Waals surface area (Å²) < 4.78 is 5.25. The van der Waals surface area contributed by atoms with Crippen LogP contribution in [-0.4, -0.2) is 23.6 Å². The Bertz CT molecular complexity index is 363. The van der Waals surface area contributed by atoms with E-state index in [1.54, 1.807) is 11.2 Å². The molecule has 76 valence electrons. The molecule has 1 aromatic rings. The van der Waals surface area contributed by atoms with E-state index in [0.29, 0.717) is 5.22 Å². The summed E-state index contributed by atoms with van der Waals surface area (Å²) in [5.74, 6) is 0.786. The molecule has 2 heterocycles. The van der Waals surface area contributed by atoms with Gasteiger partial charge in [0, 0.05) is 18.8 Å². The zero-order chi connectivity index (χ0) is 10.3. The largest absolute Gasteiger partial charge is 0.450 e. The number of hydrogen-bond donors (Lipinski definition) is 0. The first-order chi connectivity index (χ1) is 6.59. The van der Waals surface area contributed by atoms with Gasteiger partial charge < -0.3 is 4.42 Å². The van der Waals surface area contributed by atoms with Gasteiger partial charge in [0.05, 0.1) is 11.4 Å². The minimum Gasteiger partial charge on any atom is -0.450 e. The molecule has 0 saturated carbocycles. The first kappa shape index (κ1) is 9.87. The van der Waals surface area contributed by atoms with Crippen LogP contribution in [-0.2, 0) is 0 Å². The van der Waals surface area contributed by atoms with Crippen molar-refractivity contribution in [3.8, 4) is 0 Å². The summed E-state index contributed by atoms with van der Waals surface area (Å²) in [6.07, 6.45) is 1.70. The fourth-order valence-electron chi connectivity index (χ4n) is 1.61. The van der Waals surface area contributed by atoms with Gasteiger partial charge in [-0.2, -0.15) is 5.10 Å². The average molecular weight is 233 g/mol. The lowest BCUT2D eigenvalue weighted by Gasteiger charge is -2.20. The van der Waals surface area contributed by atoms with Crippen LogP contribution in [0.2, 0.25) is 5.22 Å². The molecule has 5 heteroatoms. The SMILES string of the molecule is Cc1cc(C2C(Cl)C=NN2C)c(Cl)o1. The maximum Gasteiger partial charge on any atom is 0.198 e. The quantitative estimate of drug-likeness (QED) is 0.698. The molecule has 1 aliphatic heterocycles. The van der Waals surface area contributed by atoms with Gasteiger partial charge in [-0.25, -0.2) is 0 Å². The molecule has 0 saturated heterocycles. The van der Waals surface area contributed by atoms with Gasteiger partial charge in [0.1, 0.15) is 5.76 Å². The summed E-state index contributed by atoms with van der Waals surface area (Å²) in [7, 11) is 1.86. The summed E-state index contributed by atoms with van der Waals surface area (Å²) >= 11 is 12.0. The smallest absolute Gasteiger partial charge is 0.198 e.